The Morgan fingerprint density at radius 3 is 2.86 bits per heavy atom. The molecule has 1 aliphatic rings. The van der Waals surface area contributed by atoms with E-state index in [0.717, 1.165) is 0 Å². The number of aliphatic hydroxyl groups excluding tert-OH is 1. The second-order valence-corrected chi connectivity index (χ2v) is 5.30. The van der Waals surface area contributed by atoms with E-state index in [1.165, 1.54) is 6.07 Å². The summed E-state index contributed by atoms with van der Waals surface area (Å²) in [6, 6.07) is 9.65. The number of ether oxygens (including phenoxy) is 2. The van der Waals surface area contributed by atoms with Gasteiger partial charge in [-0.15, -0.1) is 0 Å². The van der Waals surface area contributed by atoms with Crippen molar-refractivity contribution in [3.05, 3.63) is 58.4 Å². The van der Waals surface area contributed by atoms with Gasteiger partial charge in [0.1, 0.15) is 23.4 Å². The highest BCUT2D eigenvalue weighted by Gasteiger charge is 2.31. The summed E-state index contributed by atoms with van der Waals surface area (Å²) < 4.78 is 24.9. The number of hydrogen-bond acceptors (Lipinski definition) is 3. The van der Waals surface area contributed by atoms with Crippen LogP contribution in [0.2, 0.25) is 5.02 Å². The Kier molecular flexibility index (Phi) is 3.74. The topological polar surface area (TPSA) is 38.7 Å². The molecule has 1 unspecified atom stereocenters. The number of hydrogen-bond donors (Lipinski definition) is 1. The number of halogens is 2. The summed E-state index contributed by atoms with van der Waals surface area (Å²) in [6.45, 7) is 0. The monoisotopic (exact) mass is 308 g/mol. The molecular formula is C16H14ClFO3. The average Bonchev–Trinajstić information content (AvgIpc) is 2.47. The largest absolute Gasteiger partial charge is 0.497 e. The first-order valence-electron chi connectivity index (χ1n) is 6.56. The quantitative estimate of drug-likeness (QED) is 0.910. The van der Waals surface area contributed by atoms with Gasteiger partial charge in [-0.1, -0.05) is 17.7 Å². The molecule has 0 fully saturated rings. The van der Waals surface area contributed by atoms with Crippen molar-refractivity contribution in [2.75, 3.05) is 7.11 Å². The molecule has 1 N–H and O–H groups in total. The Labute approximate surface area is 126 Å². The van der Waals surface area contributed by atoms with Crippen molar-refractivity contribution in [2.24, 2.45) is 0 Å². The summed E-state index contributed by atoms with van der Waals surface area (Å²) in [5.74, 6) is 0.717. The van der Waals surface area contributed by atoms with Crippen molar-refractivity contribution >= 4 is 11.6 Å². The van der Waals surface area contributed by atoms with Gasteiger partial charge in [0, 0.05) is 17.5 Å². The summed E-state index contributed by atoms with van der Waals surface area (Å²) in [4.78, 5) is 0. The molecular weight excluding hydrogens is 295 g/mol. The minimum Gasteiger partial charge on any atom is -0.497 e. The molecule has 3 nitrogen and oxygen atoms in total. The molecule has 2 atom stereocenters. The van der Waals surface area contributed by atoms with Crippen LogP contribution in [-0.4, -0.2) is 12.2 Å². The number of benzene rings is 2. The van der Waals surface area contributed by atoms with Gasteiger partial charge in [-0.05, 0) is 30.3 Å². The molecule has 0 bridgehead atoms. The minimum absolute atomic E-state index is 0.237. The average molecular weight is 309 g/mol. The van der Waals surface area contributed by atoms with Crippen LogP contribution < -0.4 is 9.47 Å². The molecule has 1 heterocycles. The second-order valence-electron chi connectivity index (χ2n) is 4.90. The van der Waals surface area contributed by atoms with E-state index in [1.54, 1.807) is 37.4 Å². The zero-order chi connectivity index (χ0) is 15.0. The van der Waals surface area contributed by atoms with Crippen LogP contribution in [0.1, 0.15) is 29.8 Å². The summed E-state index contributed by atoms with van der Waals surface area (Å²) >= 11 is 6.06. The molecule has 0 aliphatic carbocycles. The highest BCUT2D eigenvalue weighted by atomic mass is 35.5. The Hall–Kier alpha value is -1.78. The zero-order valence-electron chi connectivity index (χ0n) is 11.3. The molecule has 0 saturated carbocycles. The number of rotatable bonds is 2. The predicted octanol–water partition coefficient (Wildman–Crippen LogP) is 4.04. The van der Waals surface area contributed by atoms with E-state index >= 15 is 0 Å². The van der Waals surface area contributed by atoms with Crippen LogP contribution in [0.5, 0.6) is 11.5 Å². The highest BCUT2D eigenvalue weighted by Crippen LogP contribution is 2.44. The van der Waals surface area contributed by atoms with Crippen molar-refractivity contribution in [1.82, 2.24) is 0 Å². The minimum atomic E-state index is -0.760. The lowest BCUT2D eigenvalue weighted by atomic mass is 9.94. The molecule has 0 amide bonds. The van der Waals surface area contributed by atoms with Crippen LogP contribution >= 0.6 is 11.6 Å². The summed E-state index contributed by atoms with van der Waals surface area (Å²) in [5.41, 5.74) is 0.915. The van der Waals surface area contributed by atoms with Crippen molar-refractivity contribution in [3.63, 3.8) is 0 Å². The molecule has 0 spiro atoms. The van der Waals surface area contributed by atoms with Gasteiger partial charge >= 0.3 is 0 Å². The SMILES string of the molecule is COc1ccc2c(c1)[C@@H](O)CC(c1c(F)cccc1Cl)O2. The first kappa shape index (κ1) is 14.2. The fourth-order valence-electron chi connectivity index (χ4n) is 2.55. The standard InChI is InChI=1S/C16H14ClFO3/c1-20-9-5-6-14-10(7-9)13(19)8-15(21-14)16-11(17)3-2-4-12(16)18/h2-7,13,15,19H,8H2,1H3/t13-,15?/m0/s1. The lowest BCUT2D eigenvalue weighted by Crippen LogP contribution is -2.20. The Morgan fingerprint density at radius 1 is 1.33 bits per heavy atom. The molecule has 1 aliphatic heterocycles. The molecule has 2 aromatic rings. The third kappa shape index (κ3) is 2.57. The molecule has 0 radical (unpaired) electrons. The molecule has 3 rings (SSSR count). The van der Waals surface area contributed by atoms with Gasteiger partial charge in [-0.25, -0.2) is 4.39 Å². The lowest BCUT2D eigenvalue weighted by Gasteiger charge is -2.30. The normalized spacial score (nSPS) is 20.6. The predicted molar refractivity (Wildman–Crippen MR) is 77.3 cm³/mol. The first-order chi connectivity index (χ1) is 10.1. The number of aliphatic hydroxyl groups is 1. The highest BCUT2D eigenvalue weighted by molar-refractivity contribution is 6.31. The van der Waals surface area contributed by atoms with Gasteiger partial charge in [-0.2, -0.15) is 0 Å². The fourth-order valence-corrected chi connectivity index (χ4v) is 2.83. The van der Waals surface area contributed by atoms with E-state index in [4.69, 9.17) is 21.1 Å². The van der Waals surface area contributed by atoms with E-state index in [9.17, 15) is 9.50 Å². The van der Waals surface area contributed by atoms with Gasteiger partial charge in [-0.3, -0.25) is 0 Å². The van der Waals surface area contributed by atoms with Crippen LogP contribution in [0, 0.1) is 5.82 Å². The van der Waals surface area contributed by atoms with Crippen LogP contribution in [0.25, 0.3) is 0 Å². The van der Waals surface area contributed by atoms with Crippen LogP contribution in [0.3, 0.4) is 0 Å². The lowest BCUT2D eigenvalue weighted by molar-refractivity contribution is 0.0638. The van der Waals surface area contributed by atoms with Crippen LogP contribution in [0.4, 0.5) is 4.39 Å². The third-order valence-electron chi connectivity index (χ3n) is 3.60. The second kappa shape index (κ2) is 5.54. The maximum Gasteiger partial charge on any atom is 0.131 e. The van der Waals surface area contributed by atoms with E-state index < -0.39 is 18.0 Å². The maximum absolute atomic E-state index is 14.0. The van der Waals surface area contributed by atoms with Crippen LogP contribution in [0.15, 0.2) is 36.4 Å². The van der Waals surface area contributed by atoms with Gasteiger partial charge in [0.25, 0.3) is 0 Å². The van der Waals surface area contributed by atoms with Gasteiger partial charge in [0.05, 0.1) is 18.2 Å². The number of fused-ring (bicyclic) bond motifs is 1. The first-order valence-corrected chi connectivity index (χ1v) is 6.94. The summed E-state index contributed by atoms with van der Waals surface area (Å²) in [5, 5.41) is 10.6. The zero-order valence-corrected chi connectivity index (χ0v) is 12.1. The van der Waals surface area contributed by atoms with E-state index in [2.05, 4.69) is 0 Å². The summed E-state index contributed by atoms with van der Waals surface area (Å²) in [7, 11) is 1.56. The van der Waals surface area contributed by atoms with Crippen molar-refractivity contribution < 1.29 is 19.0 Å². The van der Waals surface area contributed by atoms with E-state index in [-0.39, 0.29) is 12.0 Å². The molecule has 5 heteroatoms. The smallest absolute Gasteiger partial charge is 0.131 e. The van der Waals surface area contributed by atoms with Crippen molar-refractivity contribution in [1.29, 1.82) is 0 Å². The van der Waals surface area contributed by atoms with Crippen LogP contribution in [-0.2, 0) is 0 Å². The summed E-state index contributed by atoms with van der Waals surface area (Å²) in [6.07, 6.45) is -1.14. The van der Waals surface area contributed by atoms with Crippen molar-refractivity contribution in [3.8, 4) is 11.5 Å². The van der Waals surface area contributed by atoms with Crippen molar-refractivity contribution in [2.45, 2.75) is 18.6 Å². The number of methoxy groups -OCH3 is 1. The molecule has 110 valence electrons. The Bertz CT molecular complexity index is 654. The van der Waals surface area contributed by atoms with E-state index in [0.29, 0.717) is 22.1 Å². The van der Waals surface area contributed by atoms with Gasteiger partial charge in [0.15, 0.2) is 0 Å². The van der Waals surface area contributed by atoms with Gasteiger partial charge in [0.2, 0.25) is 0 Å². The molecule has 2 aromatic carbocycles. The van der Waals surface area contributed by atoms with Gasteiger partial charge < -0.3 is 14.6 Å². The third-order valence-corrected chi connectivity index (χ3v) is 3.93. The van der Waals surface area contributed by atoms with E-state index in [1.807, 2.05) is 0 Å². The Morgan fingerprint density at radius 2 is 2.14 bits per heavy atom. The molecule has 0 aromatic heterocycles. The fraction of sp³-hybridized carbons (Fsp3) is 0.250. The Balaban J connectivity index is 1.99. The molecule has 21 heavy (non-hydrogen) atoms. The maximum atomic E-state index is 14.0. The molecule has 0 saturated heterocycles.